The predicted octanol–water partition coefficient (Wildman–Crippen LogP) is 5.79. The maximum absolute atomic E-state index is 12.1. The van der Waals surface area contributed by atoms with Crippen LogP contribution >= 0.6 is 11.8 Å². The van der Waals surface area contributed by atoms with Crippen LogP contribution in [-0.2, 0) is 11.3 Å². The zero-order valence-electron chi connectivity index (χ0n) is 23.4. The molecule has 0 saturated heterocycles. The number of thioether (sulfide) groups is 1. The highest BCUT2D eigenvalue weighted by molar-refractivity contribution is 7.99. The molecule has 2 heterocycles. The molecule has 39 heavy (non-hydrogen) atoms. The Labute approximate surface area is 235 Å². The van der Waals surface area contributed by atoms with E-state index in [1.54, 1.807) is 6.33 Å². The smallest absolute Gasteiger partial charge is 0.185 e. The number of nitrogens with zero attached hydrogens (tertiary/aromatic N) is 6. The number of rotatable bonds is 11. The van der Waals surface area contributed by atoms with E-state index >= 15 is 0 Å². The van der Waals surface area contributed by atoms with E-state index in [1.807, 2.05) is 25.6 Å². The second-order valence-corrected chi connectivity index (χ2v) is 11.9. The van der Waals surface area contributed by atoms with E-state index < -0.39 is 0 Å². The van der Waals surface area contributed by atoms with E-state index in [0.717, 1.165) is 58.9 Å². The van der Waals surface area contributed by atoms with Gasteiger partial charge in [0.1, 0.15) is 12.0 Å². The summed E-state index contributed by atoms with van der Waals surface area (Å²) in [5, 5.41) is 3.21. The maximum Gasteiger partial charge on any atom is 0.185 e. The highest BCUT2D eigenvalue weighted by atomic mass is 32.2. The average molecular weight is 544 g/mol. The number of benzene rings is 1. The van der Waals surface area contributed by atoms with Crippen molar-refractivity contribution < 1.29 is 4.79 Å². The highest BCUT2D eigenvalue weighted by Gasteiger charge is 2.34. The Bertz CT molecular complexity index is 1370. The van der Waals surface area contributed by atoms with Crippen LogP contribution in [0.2, 0.25) is 0 Å². The molecule has 5 rings (SSSR count). The van der Waals surface area contributed by atoms with Gasteiger partial charge in [-0.3, -0.25) is 4.79 Å². The summed E-state index contributed by atoms with van der Waals surface area (Å²) in [4.78, 5) is 39.4. The molecule has 0 spiro atoms. The Kier molecular flexibility index (Phi) is 8.26. The number of hydrogen-bond acceptors (Lipinski definition) is 8. The Morgan fingerprint density at radius 2 is 1.87 bits per heavy atom. The Hall–Kier alpha value is -3.33. The van der Waals surface area contributed by atoms with Gasteiger partial charge in [0.25, 0.3) is 0 Å². The molecule has 204 valence electrons. The molecular formula is C30H37N7OS. The van der Waals surface area contributed by atoms with Gasteiger partial charge in [-0.15, -0.1) is 11.8 Å². The summed E-state index contributed by atoms with van der Waals surface area (Å²) in [6.07, 6.45) is 7.10. The number of anilines is 1. The molecule has 0 amide bonds. The first kappa shape index (κ1) is 27.2. The normalized spacial score (nSPS) is 16.2. The second kappa shape index (κ2) is 11.8. The number of carbonyl (C=O) groups excluding carboxylic acids is 1. The monoisotopic (exact) mass is 543 g/mol. The number of aryl methyl sites for hydroxylation is 2. The van der Waals surface area contributed by atoms with E-state index in [9.17, 15) is 4.79 Å². The Morgan fingerprint density at radius 1 is 1.13 bits per heavy atom. The number of amidine groups is 1. The van der Waals surface area contributed by atoms with Gasteiger partial charge in [-0.1, -0.05) is 19.1 Å². The Balaban J connectivity index is 1.50. The molecule has 0 bridgehead atoms. The van der Waals surface area contributed by atoms with Crippen molar-refractivity contribution in [1.29, 1.82) is 0 Å². The van der Waals surface area contributed by atoms with E-state index in [1.165, 1.54) is 17.7 Å². The molecular weight excluding hydrogens is 506 g/mol. The average Bonchev–Trinajstić information content (AvgIpc) is 3.85. The van der Waals surface area contributed by atoms with Crippen LogP contribution in [0.4, 0.5) is 11.5 Å². The number of hydrogen-bond donors (Lipinski definition) is 1. The van der Waals surface area contributed by atoms with Gasteiger partial charge < -0.3 is 10.2 Å². The summed E-state index contributed by atoms with van der Waals surface area (Å²) >= 11 is 1.81. The third-order valence-electron chi connectivity index (χ3n) is 7.59. The molecule has 3 aromatic rings. The van der Waals surface area contributed by atoms with E-state index in [2.05, 4.69) is 65.3 Å². The zero-order chi connectivity index (χ0) is 27.5. The molecule has 2 aromatic heterocycles. The van der Waals surface area contributed by atoms with Crippen LogP contribution in [0.1, 0.15) is 68.1 Å². The van der Waals surface area contributed by atoms with Crippen molar-refractivity contribution in [3.63, 3.8) is 0 Å². The molecule has 2 aliphatic carbocycles. The van der Waals surface area contributed by atoms with Crippen LogP contribution < -0.4 is 10.2 Å². The molecule has 0 unspecified atom stereocenters. The lowest BCUT2D eigenvalue weighted by atomic mass is 10.1. The Morgan fingerprint density at radius 3 is 2.51 bits per heavy atom. The van der Waals surface area contributed by atoms with Crippen LogP contribution in [-0.4, -0.2) is 50.9 Å². The molecule has 2 saturated carbocycles. The zero-order valence-corrected chi connectivity index (χ0v) is 24.3. The molecule has 1 atom stereocenters. The summed E-state index contributed by atoms with van der Waals surface area (Å²) in [5.41, 5.74) is 5.24. The van der Waals surface area contributed by atoms with Crippen molar-refractivity contribution >= 4 is 35.4 Å². The van der Waals surface area contributed by atoms with Crippen LogP contribution in [0.25, 0.3) is 11.4 Å². The van der Waals surface area contributed by atoms with Crippen LogP contribution in [0.3, 0.4) is 0 Å². The topological polar surface area (TPSA) is 96.3 Å². The predicted molar refractivity (Wildman–Crippen MR) is 158 cm³/mol. The second-order valence-electron chi connectivity index (χ2n) is 10.5. The summed E-state index contributed by atoms with van der Waals surface area (Å²) in [7, 11) is 2.06. The quantitative estimate of drug-likeness (QED) is 0.140. The van der Waals surface area contributed by atoms with Gasteiger partial charge >= 0.3 is 0 Å². The van der Waals surface area contributed by atoms with Gasteiger partial charge in [0.05, 0.1) is 22.6 Å². The fraction of sp³-hybridized carbons (Fsp3) is 0.467. The third-order valence-corrected chi connectivity index (χ3v) is 8.49. The third kappa shape index (κ3) is 6.30. The summed E-state index contributed by atoms with van der Waals surface area (Å²) < 4.78 is 0. The number of aldehydes is 1. The SMILES string of the molecule is CCSc1ccc(CN/C(C=O)=N/c2c(C)nc(-c3c(C)ncnc3C3CC3)nc2N(C)[C@@H](C)C2CC2)cc1. The lowest BCUT2D eigenvalue weighted by Crippen LogP contribution is -2.32. The molecule has 1 aromatic carbocycles. The lowest BCUT2D eigenvalue weighted by molar-refractivity contribution is -0.102. The molecule has 2 aliphatic rings. The molecule has 2 fully saturated rings. The van der Waals surface area contributed by atoms with Crippen LogP contribution in [0.15, 0.2) is 40.5 Å². The number of carbonyl (C=O) groups is 1. The minimum Gasteiger partial charge on any atom is -0.363 e. The largest absolute Gasteiger partial charge is 0.363 e. The van der Waals surface area contributed by atoms with Gasteiger partial charge in [-0.2, -0.15) is 0 Å². The number of aromatic nitrogens is 4. The van der Waals surface area contributed by atoms with Gasteiger partial charge in [0.2, 0.25) is 0 Å². The van der Waals surface area contributed by atoms with Crippen molar-refractivity contribution in [1.82, 2.24) is 25.3 Å². The van der Waals surface area contributed by atoms with E-state index in [-0.39, 0.29) is 5.84 Å². The van der Waals surface area contributed by atoms with Gasteiger partial charge in [0.15, 0.2) is 23.8 Å². The summed E-state index contributed by atoms with van der Waals surface area (Å²) in [5.74, 6) is 3.72. The standard InChI is InChI=1S/C30H37N7OS/c1-6-39-24-13-7-21(8-14-24)15-31-25(16-38)35-27-19(3)34-29(36-30(27)37(5)20(4)22-9-10-22)26-18(2)32-17-33-28(26)23-11-12-23/h7-8,13-14,16-17,20,22-23H,6,9-12,15H2,1-5H3,(H,31,35)/t20-/m0/s1. The van der Waals surface area contributed by atoms with Gasteiger partial charge in [-0.05, 0) is 75.8 Å². The van der Waals surface area contributed by atoms with Crippen LogP contribution in [0.5, 0.6) is 0 Å². The molecule has 9 heteroatoms. The van der Waals surface area contributed by atoms with Crippen LogP contribution in [0, 0.1) is 19.8 Å². The molecule has 0 aliphatic heterocycles. The van der Waals surface area contributed by atoms with E-state index in [0.29, 0.717) is 35.9 Å². The highest BCUT2D eigenvalue weighted by Crippen LogP contribution is 2.44. The fourth-order valence-corrected chi connectivity index (χ4v) is 5.52. The minimum absolute atomic E-state index is 0.257. The maximum atomic E-state index is 12.1. The van der Waals surface area contributed by atoms with Crippen molar-refractivity contribution in [2.24, 2.45) is 10.9 Å². The lowest BCUT2D eigenvalue weighted by Gasteiger charge is -2.28. The van der Waals surface area contributed by atoms with Crippen molar-refractivity contribution in [2.75, 3.05) is 17.7 Å². The molecule has 1 N–H and O–H groups in total. The number of nitrogens with one attached hydrogen (secondary N) is 1. The molecule has 0 radical (unpaired) electrons. The van der Waals surface area contributed by atoms with Crippen molar-refractivity contribution in [3.05, 3.63) is 53.2 Å². The first-order valence-electron chi connectivity index (χ1n) is 13.8. The van der Waals surface area contributed by atoms with Crippen molar-refractivity contribution in [2.45, 2.75) is 76.8 Å². The van der Waals surface area contributed by atoms with Gasteiger partial charge in [-0.25, -0.2) is 24.9 Å². The van der Waals surface area contributed by atoms with Crippen molar-refractivity contribution in [3.8, 4) is 11.4 Å². The molecule has 8 nitrogen and oxygen atoms in total. The van der Waals surface area contributed by atoms with E-state index in [4.69, 9.17) is 15.0 Å². The number of aliphatic imine (C=N–C) groups is 1. The summed E-state index contributed by atoms with van der Waals surface area (Å²) in [6, 6.07) is 8.67. The fourth-order valence-electron chi connectivity index (χ4n) is 4.85. The first-order valence-corrected chi connectivity index (χ1v) is 14.8. The van der Waals surface area contributed by atoms with Gasteiger partial charge in [0, 0.05) is 30.4 Å². The summed E-state index contributed by atoms with van der Waals surface area (Å²) in [6.45, 7) is 8.80. The minimum atomic E-state index is 0.257. The first-order chi connectivity index (χ1) is 18.9.